The number of carbonyl (C=O) groups excluding carboxylic acids is 1. The number of nitrogens with zero attached hydrogens (tertiary/aromatic N) is 4. The monoisotopic (exact) mass is 435 g/mol. The van der Waals surface area contributed by atoms with Crippen molar-refractivity contribution in [2.45, 2.75) is 24.8 Å². The third-order valence-electron chi connectivity index (χ3n) is 6.13. The number of ketones is 1. The summed E-state index contributed by atoms with van der Waals surface area (Å²) in [6.45, 7) is 0. The number of aromatic nitrogens is 3. The maximum atomic E-state index is 14.0. The molecule has 5 rings (SSSR count). The van der Waals surface area contributed by atoms with Gasteiger partial charge in [-0.05, 0) is 47.7 Å². The molecule has 0 spiro atoms. The number of ether oxygens (including phenoxy) is 2. The van der Waals surface area contributed by atoms with E-state index in [1.54, 1.807) is 26.4 Å². The number of aliphatic imine (C=N–C) groups is 1. The Balaban J connectivity index is 1.56. The van der Waals surface area contributed by atoms with Crippen molar-refractivity contribution < 1.29 is 18.7 Å². The first-order valence-electron chi connectivity index (χ1n) is 10.3. The van der Waals surface area contributed by atoms with Gasteiger partial charge < -0.3 is 15.2 Å². The number of anilines is 1. The molecule has 1 fully saturated rings. The second kappa shape index (κ2) is 7.74. The third kappa shape index (κ3) is 3.30. The number of methoxy groups -OCH3 is 2. The summed E-state index contributed by atoms with van der Waals surface area (Å²) < 4.78 is 26.3. The molecule has 3 unspecified atom stereocenters. The maximum Gasteiger partial charge on any atom is 0.250 e. The molecule has 0 radical (unpaired) electrons. The van der Waals surface area contributed by atoms with E-state index in [0.29, 0.717) is 41.6 Å². The minimum atomic E-state index is -0.554. The number of rotatable bonds is 4. The molecule has 3 atom stereocenters. The second-order valence-electron chi connectivity index (χ2n) is 7.98. The molecule has 1 saturated carbocycles. The highest BCUT2D eigenvalue weighted by molar-refractivity contribution is 6.10. The van der Waals surface area contributed by atoms with Crippen molar-refractivity contribution in [1.29, 1.82) is 0 Å². The number of halogens is 1. The summed E-state index contributed by atoms with van der Waals surface area (Å²) in [5.74, 6) is 0.629. The highest BCUT2D eigenvalue weighted by atomic mass is 19.1. The number of fused-ring (bicyclic) bond motifs is 2. The maximum absolute atomic E-state index is 14.0. The van der Waals surface area contributed by atoms with Crippen LogP contribution in [0.3, 0.4) is 0 Å². The molecule has 0 bridgehead atoms. The number of hydrogen-bond acceptors (Lipinski definition) is 7. The van der Waals surface area contributed by atoms with E-state index in [0.717, 1.165) is 5.56 Å². The minimum absolute atomic E-state index is 0.0174. The van der Waals surface area contributed by atoms with E-state index in [9.17, 15) is 9.18 Å². The van der Waals surface area contributed by atoms with Crippen LogP contribution >= 0.6 is 0 Å². The van der Waals surface area contributed by atoms with Crippen LogP contribution in [-0.4, -0.2) is 40.5 Å². The molecular weight excluding hydrogens is 413 g/mol. The van der Waals surface area contributed by atoms with Crippen LogP contribution in [-0.2, 0) is 4.79 Å². The molecule has 164 valence electrons. The first-order valence-corrected chi connectivity index (χ1v) is 10.3. The lowest BCUT2D eigenvalue weighted by molar-refractivity contribution is -0.122. The van der Waals surface area contributed by atoms with Crippen molar-refractivity contribution in [3.63, 3.8) is 0 Å². The van der Waals surface area contributed by atoms with Gasteiger partial charge in [-0.2, -0.15) is 4.98 Å². The van der Waals surface area contributed by atoms with Gasteiger partial charge in [-0.25, -0.2) is 14.1 Å². The second-order valence-corrected chi connectivity index (χ2v) is 7.98. The van der Waals surface area contributed by atoms with Gasteiger partial charge in [-0.3, -0.25) is 4.79 Å². The molecule has 32 heavy (non-hydrogen) atoms. The normalized spacial score (nSPS) is 22.0. The van der Waals surface area contributed by atoms with Crippen LogP contribution in [0.5, 0.6) is 11.5 Å². The SMILES string of the molecule is COc1ccc(C2CC(=O)C3C(=Nc4nc(N)nn4C3c3cccc(F)c3)C2)cc1OC. The molecule has 0 amide bonds. The molecule has 1 aliphatic carbocycles. The van der Waals surface area contributed by atoms with E-state index in [4.69, 9.17) is 15.2 Å². The Bertz CT molecular complexity index is 1240. The van der Waals surface area contributed by atoms with Crippen LogP contribution in [0.4, 0.5) is 16.3 Å². The molecule has 1 aliphatic heterocycles. The van der Waals surface area contributed by atoms with E-state index in [2.05, 4.69) is 15.1 Å². The largest absolute Gasteiger partial charge is 0.493 e. The van der Waals surface area contributed by atoms with Crippen molar-refractivity contribution in [3.05, 3.63) is 59.4 Å². The third-order valence-corrected chi connectivity index (χ3v) is 6.13. The summed E-state index contributed by atoms with van der Waals surface area (Å²) >= 11 is 0. The fourth-order valence-corrected chi connectivity index (χ4v) is 4.71. The summed E-state index contributed by atoms with van der Waals surface area (Å²) in [5, 5.41) is 4.25. The number of hydrogen-bond donors (Lipinski definition) is 1. The molecule has 1 aromatic heterocycles. The summed E-state index contributed by atoms with van der Waals surface area (Å²) in [5.41, 5.74) is 8.13. The number of Topliss-reactive ketones (excluding diaryl/α,β-unsaturated/α-hetero) is 1. The zero-order valence-electron chi connectivity index (χ0n) is 17.7. The average Bonchev–Trinajstić information content (AvgIpc) is 3.16. The summed E-state index contributed by atoms with van der Waals surface area (Å²) in [7, 11) is 3.16. The van der Waals surface area contributed by atoms with Crippen molar-refractivity contribution in [3.8, 4) is 11.5 Å². The highest BCUT2D eigenvalue weighted by Crippen LogP contribution is 2.44. The van der Waals surface area contributed by atoms with Crippen LogP contribution in [0.15, 0.2) is 47.5 Å². The van der Waals surface area contributed by atoms with Crippen LogP contribution in [0.1, 0.15) is 35.9 Å². The lowest BCUT2D eigenvalue weighted by Gasteiger charge is -2.37. The highest BCUT2D eigenvalue weighted by Gasteiger charge is 2.45. The zero-order chi connectivity index (χ0) is 22.4. The zero-order valence-corrected chi connectivity index (χ0v) is 17.7. The van der Waals surface area contributed by atoms with E-state index in [1.807, 2.05) is 18.2 Å². The molecule has 9 heteroatoms. The van der Waals surface area contributed by atoms with E-state index >= 15 is 0 Å². The topological polar surface area (TPSA) is 105 Å². The minimum Gasteiger partial charge on any atom is -0.493 e. The van der Waals surface area contributed by atoms with Gasteiger partial charge in [0.1, 0.15) is 11.6 Å². The number of carbonyl (C=O) groups is 1. The van der Waals surface area contributed by atoms with Gasteiger partial charge in [0.15, 0.2) is 11.5 Å². The van der Waals surface area contributed by atoms with Crippen molar-refractivity contribution in [2.75, 3.05) is 20.0 Å². The van der Waals surface area contributed by atoms with E-state index in [1.165, 1.54) is 16.8 Å². The van der Waals surface area contributed by atoms with E-state index in [-0.39, 0.29) is 23.5 Å². The fraction of sp³-hybridized carbons (Fsp3) is 0.304. The lowest BCUT2D eigenvalue weighted by atomic mass is 9.72. The Morgan fingerprint density at radius 3 is 2.62 bits per heavy atom. The number of nitrogen functional groups attached to an aromatic ring is 1. The van der Waals surface area contributed by atoms with Crippen LogP contribution in [0, 0.1) is 11.7 Å². The number of benzene rings is 2. The molecule has 8 nitrogen and oxygen atoms in total. The van der Waals surface area contributed by atoms with Gasteiger partial charge in [-0.1, -0.05) is 18.2 Å². The molecule has 2 heterocycles. The van der Waals surface area contributed by atoms with Crippen molar-refractivity contribution in [1.82, 2.24) is 14.8 Å². The lowest BCUT2D eigenvalue weighted by Crippen LogP contribution is -2.41. The van der Waals surface area contributed by atoms with Crippen LogP contribution < -0.4 is 15.2 Å². The molecule has 2 aromatic carbocycles. The molecule has 3 aromatic rings. The van der Waals surface area contributed by atoms with Gasteiger partial charge in [0.2, 0.25) is 11.9 Å². The van der Waals surface area contributed by atoms with Gasteiger partial charge >= 0.3 is 0 Å². The Morgan fingerprint density at radius 2 is 1.88 bits per heavy atom. The Kier molecular flexibility index (Phi) is 4.88. The molecule has 0 saturated heterocycles. The first kappa shape index (κ1) is 20.2. The Hall–Kier alpha value is -3.75. The average molecular weight is 435 g/mol. The van der Waals surface area contributed by atoms with Gasteiger partial charge in [0.05, 0.1) is 26.2 Å². The summed E-state index contributed by atoms with van der Waals surface area (Å²) in [4.78, 5) is 22.3. The molecular formula is C23H22FN5O3. The fourth-order valence-electron chi connectivity index (χ4n) is 4.71. The number of nitrogens with two attached hydrogens (primary N) is 1. The Labute approximate surface area is 183 Å². The Morgan fingerprint density at radius 1 is 1.06 bits per heavy atom. The van der Waals surface area contributed by atoms with Gasteiger partial charge in [-0.15, -0.1) is 5.10 Å². The first-order chi connectivity index (χ1) is 15.5. The smallest absolute Gasteiger partial charge is 0.250 e. The predicted octanol–water partition coefficient (Wildman–Crippen LogP) is 3.46. The van der Waals surface area contributed by atoms with Crippen LogP contribution in [0.25, 0.3) is 0 Å². The summed E-state index contributed by atoms with van der Waals surface area (Å²) in [6, 6.07) is 11.3. The molecule has 2 N–H and O–H groups in total. The van der Waals surface area contributed by atoms with Crippen molar-refractivity contribution in [2.24, 2.45) is 10.9 Å². The van der Waals surface area contributed by atoms with Gasteiger partial charge in [0.25, 0.3) is 0 Å². The standard InChI is InChI=1S/C23H22FN5O3/c1-31-18-7-6-12(11-19(18)32-2)14-9-16-20(17(30)10-14)21(13-4-3-5-15(24)8-13)29-23(26-16)27-22(25)28-29/h3-8,11,14,20-21H,9-10H2,1-2H3,(H2,25,28). The summed E-state index contributed by atoms with van der Waals surface area (Å²) in [6.07, 6.45) is 0.884. The quantitative estimate of drug-likeness (QED) is 0.673. The van der Waals surface area contributed by atoms with Crippen LogP contribution in [0.2, 0.25) is 0 Å². The van der Waals surface area contributed by atoms with Crippen molar-refractivity contribution >= 4 is 23.4 Å². The predicted molar refractivity (Wildman–Crippen MR) is 116 cm³/mol. The van der Waals surface area contributed by atoms with E-state index < -0.39 is 12.0 Å². The molecule has 2 aliphatic rings. The van der Waals surface area contributed by atoms with Gasteiger partial charge in [0, 0.05) is 12.1 Å².